The number of fused-ring (bicyclic) bond motifs is 1. The number of imidazole rings is 1. The molecule has 0 radical (unpaired) electrons. The third-order valence-electron chi connectivity index (χ3n) is 6.57. The Bertz CT molecular complexity index is 1480. The molecule has 1 fully saturated rings. The summed E-state index contributed by atoms with van der Waals surface area (Å²) in [5.74, 6) is -1.23. The molecule has 0 bridgehead atoms. The maximum absolute atomic E-state index is 15.0. The Morgan fingerprint density at radius 3 is 2.74 bits per heavy atom. The zero-order valence-corrected chi connectivity index (χ0v) is 20.9. The third kappa shape index (κ3) is 4.61. The van der Waals surface area contributed by atoms with Gasteiger partial charge in [0.2, 0.25) is 0 Å². The maximum atomic E-state index is 15.0. The topological polar surface area (TPSA) is 141 Å². The van der Waals surface area contributed by atoms with E-state index in [-0.39, 0.29) is 41.6 Å². The Labute approximate surface area is 217 Å². The van der Waals surface area contributed by atoms with Crippen molar-refractivity contribution in [3.8, 4) is 16.3 Å². The molecule has 202 valence electrons. The summed E-state index contributed by atoms with van der Waals surface area (Å²) in [7, 11) is 1.23. The number of hydrogen-bond acceptors (Lipinski definition) is 10. The number of hydrogen-bond donors (Lipinski definition) is 3. The van der Waals surface area contributed by atoms with E-state index in [1.807, 2.05) is 0 Å². The Morgan fingerprint density at radius 1 is 1.21 bits per heavy atom. The molecule has 1 aliphatic heterocycles. The van der Waals surface area contributed by atoms with E-state index in [4.69, 9.17) is 16.2 Å². The quantitative estimate of drug-likeness (QED) is 0.295. The summed E-state index contributed by atoms with van der Waals surface area (Å²) < 4.78 is 62.8. The number of aliphatic hydroxyl groups is 1. The summed E-state index contributed by atoms with van der Waals surface area (Å²) in [6.07, 6.45) is -1.67. The van der Waals surface area contributed by atoms with Crippen LogP contribution in [0.1, 0.15) is 17.7 Å². The Kier molecular flexibility index (Phi) is 6.83. The van der Waals surface area contributed by atoms with Gasteiger partial charge < -0.3 is 30.8 Å². The van der Waals surface area contributed by atoms with Gasteiger partial charge in [-0.05, 0) is 18.9 Å². The van der Waals surface area contributed by atoms with E-state index in [0.717, 1.165) is 23.5 Å². The van der Waals surface area contributed by atoms with Crippen molar-refractivity contribution in [3.05, 3.63) is 41.3 Å². The number of methoxy groups -OCH3 is 1. The first kappa shape index (κ1) is 26.1. The summed E-state index contributed by atoms with van der Waals surface area (Å²) >= 11 is 1.09. The molecule has 0 aliphatic carbocycles. The number of anilines is 2. The number of nitrogens with two attached hydrogens (primary N) is 2. The second kappa shape index (κ2) is 9.96. The summed E-state index contributed by atoms with van der Waals surface area (Å²) in [4.78, 5) is 19.3. The minimum atomic E-state index is -3.02. The number of aliphatic hydroxyl groups excluding tert-OH is 1. The van der Waals surface area contributed by atoms with Gasteiger partial charge in [0, 0.05) is 24.7 Å². The fourth-order valence-corrected chi connectivity index (χ4v) is 5.71. The molecule has 1 aliphatic rings. The molecule has 4 aromatic rings. The molecule has 1 saturated heterocycles. The number of alkyl halides is 2. The zero-order valence-electron chi connectivity index (χ0n) is 20.1. The number of nitrogens with zero attached hydrogens (tertiary/aromatic N) is 6. The van der Waals surface area contributed by atoms with Crippen LogP contribution in [0, 0.1) is 11.6 Å². The highest BCUT2D eigenvalue weighted by Gasteiger charge is 2.43. The van der Waals surface area contributed by atoms with E-state index in [2.05, 4.69) is 19.9 Å². The van der Waals surface area contributed by atoms with Crippen molar-refractivity contribution < 1.29 is 27.4 Å². The van der Waals surface area contributed by atoms with Crippen molar-refractivity contribution in [2.75, 3.05) is 30.8 Å². The molecule has 38 heavy (non-hydrogen) atoms. The molecule has 10 nitrogen and oxygen atoms in total. The summed E-state index contributed by atoms with van der Waals surface area (Å²) in [5.41, 5.74) is 11.3. The highest BCUT2D eigenvalue weighted by Crippen LogP contribution is 2.39. The van der Waals surface area contributed by atoms with E-state index in [9.17, 15) is 22.7 Å². The van der Waals surface area contributed by atoms with Gasteiger partial charge >= 0.3 is 0 Å². The molecule has 15 heteroatoms. The second-order valence-electron chi connectivity index (χ2n) is 9.07. The van der Waals surface area contributed by atoms with Gasteiger partial charge in [-0.3, -0.25) is 0 Å². The molecule has 3 aromatic heterocycles. The third-order valence-corrected chi connectivity index (χ3v) is 7.64. The fourth-order valence-electron chi connectivity index (χ4n) is 4.61. The number of ether oxygens (including phenoxy) is 1. The van der Waals surface area contributed by atoms with Crippen LogP contribution in [-0.4, -0.2) is 67.9 Å². The lowest BCUT2D eigenvalue weighted by molar-refractivity contribution is -0.0529. The summed E-state index contributed by atoms with van der Waals surface area (Å²) in [5, 5.41) is 10.3. The van der Waals surface area contributed by atoms with Crippen LogP contribution < -0.4 is 21.1 Å². The van der Waals surface area contributed by atoms with Crippen molar-refractivity contribution in [2.45, 2.75) is 37.5 Å². The highest BCUT2D eigenvalue weighted by atomic mass is 32.1. The van der Waals surface area contributed by atoms with E-state index in [0.29, 0.717) is 34.8 Å². The van der Waals surface area contributed by atoms with Crippen LogP contribution in [0.2, 0.25) is 0 Å². The largest absolute Gasteiger partial charge is 0.494 e. The monoisotopic (exact) mass is 552 g/mol. The van der Waals surface area contributed by atoms with E-state index < -0.39 is 29.7 Å². The van der Waals surface area contributed by atoms with Gasteiger partial charge in [-0.25, -0.2) is 37.5 Å². The van der Waals surface area contributed by atoms with E-state index in [1.54, 1.807) is 9.47 Å². The second-order valence-corrected chi connectivity index (χ2v) is 10.2. The lowest BCUT2D eigenvalue weighted by atomic mass is 9.84. The molecule has 5 rings (SSSR count). The number of piperidine rings is 1. The van der Waals surface area contributed by atoms with Crippen molar-refractivity contribution >= 4 is 34.1 Å². The fraction of sp³-hybridized carbons (Fsp3) is 0.391. The summed E-state index contributed by atoms with van der Waals surface area (Å²) in [6.45, 7) is 0.448. The molecule has 1 aromatic carbocycles. The van der Waals surface area contributed by atoms with Gasteiger partial charge in [-0.1, -0.05) is 0 Å². The van der Waals surface area contributed by atoms with Gasteiger partial charge in [0.25, 0.3) is 6.43 Å². The van der Waals surface area contributed by atoms with Crippen LogP contribution in [0.4, 0.5) is 29.2 Å². The van der Waals surface area contributed by atoms with Crippen LogP contribution in [0.5, 0.6) is 5.75 Å². The van der Waals surface area contributed by atoms with Crippen molar-refractivity contribution in [1.29, 1.82) is 0 Å². The molecule has 4 heterocycles. The van der Waals surface area contributed by atoms with Crippen LogP contribution >= 0.6 is 11.3 Å². The Hall–Kier alpha value is -3.56. The predicted octanol–water partition coefficient (Wildman–Crippen LogP) is 2.79. The molecule has 0 unspecified atom stereocenters. The van der Waals surface area contributed by atoms with Crippen molar-refractivity contribution in [3.63, 3.8) is 0 Å². The first-order valence-corrected chi connectivity index (χ1v) is 12.4. The lowest BCUT2D eigenvalue weighted by Crippen LogP contribution is -2.63. The number of benzene rings is 1. The van der Waals surface area contributed by atoms with Crippen LogP contribution in [0.25, 0.3) is 21.7 Å². The normalized spacial score (nSPS) is 18.9. The molecular weight excluding hydrogens is 528 g/mol. The van der Waals surface area contributed by atoms with Crippen molar-refractivity contribution in [2.24, 2.45) is 5.73 Å². The molecule has 2 atom stereocenters. The average Bonchev–Trinajstić information content (AvgIpc) is 3.50. The number of thiazole rings is 1. The van der Waals surface area contributed by atoms with E-state index >= 15 is 0 Å². The molecule has 0 saturated carbocycles. The number of rotatable bonds is 7. The van der Waals surface area contributed by atoms with Gasteiger partial charge in [0.05, 0.1) is 30.4 Å². The van der Waals surface area contributed by atoms with E-state index in [1.165, 1.54) is 19.8 Å². The number of aromatic nitrogens is 5. The lowest BCUT2D eigenvalue weighted by Gasteiger charge is -2.43. The molecule has 0 spiro atoms. The Balaban J connectivity index is 1.59. The minimum Gasteiger partial charge on any atom is -0.494 e. The number of nitrogen functional groups attached to an aromatic ring is 1. The standard InChI is InChI=1S/C23H24F4N8O2S/c1-37-14-6-12(24)11(5-13(14)25)22-33-20(34-4-2-3-23(29,8-34)17(36)18(26)27)15(38-22)7-35-10-32-16-19(28)30-9-31-21(16)35/h5-6,9-10,17-18,36H,2-4,7-8,29H2,1H3,(H2,28,30,31)/t17-,23-/m1/s1. The first-order chi connectivity index (χ1) is 18.1. The van der Waals surface area contributed by atoms with Crippen LogP contribution in [-0.2, 0) is 6.54 Å². The van der Waals surface area contributed by atoms with Crippen molar-refractivity contribution in [1.82, 2.24) is 24.5 Å². The van der Waals surface area contributed by atoms with Crippen LogP contribution in [0.3, 0.4) is 0 Å². The average molecular weight is 553 g/mol. The minimum absolute atomic E-state index is 0.0912. The van der Waals surface area contributed by atoms with Gasteiger partial charge in [-0.2, -0.15) is 0 Å². The molecule has 0 amide bonds. The molecule has 5 N–H and O–H groups in total. The van der Waals surface area contributed by atoms with Crippen LogP contribution in [0.15, 0.2) is 24.8 Å². The SMILES string of the molecule is COc1cc(F)c(-c2nc(N3CCC[C@](N)([C@H](O)C(F)F)C3)c(Cn3cnc4c(N)ncnc43)s2)cc1F. The maximum Gasteiger partial charge on any atom is 0.265 e. The first-order valence-electron chi connectivity index (χ1n) is 11.6. The zero-order chi connectivity index (χ0) is 27.2. The highest BCUT2D eigenvalue weighted by molar-refractivity contribution is 7.15. The van der Waals surface area contributed by atoms with Gasteiger partial charge in [0.1, 0.15) is 34.6 Å². The summed E-state index contributed by atoms with van der Waals surface area (Å²) in [6, 6.07) is 1.92. The van der Waals surface area contributed by atoms with Gasteiger partial charge in [0.15, 0.2) is 23.0 Å². The Morgan fingerprint density at radius 2 is 2.00 bits per heavy atom. The number of halogens is 4. The smallest absolute Gasteiger partial charge is 0.265 e. The van der Waals surface area contributed by atoms with Gasteiger partial charge in [-0.15, -0.1) is 11.3 Å². The predicted molar refractivity (Wildman–Crippen MR) is 133 cm³/mol. The molecular formula is C23H24F4N8O2S.